The van der Waals surface area contributed by atoms with Crippen LogP contribution in [0.2, 0.25) is 0 Å². The molecule has 0 atom stereocenters. The maximum atomic E-state index is 12.0. The van der Waals surface area contributed by atoms with Crippen molar-refractivity contribution in [2.75, 3.05) is 24.7 Å². The summed E-state index contributed by atoms with van der Waals surface area (Å²) in [4.78, 5) is 9.62. The highest BCUT2D eigenvalue weighted by Crippen LogP contribution is 2.19. The summed E-state index contributed by atoms with van der Waals surface area (Å²) < 4.78 is 60.8. The minimum atomic E-state index is -4.50. The van der Waals surface area contributed by atoms with Gasteiger partial charge in [-0.15, -0.1) is 0 Å². The van der Waals surface area contributed by atoms with Crippen LogP contribution >= 0.6 is 0 Å². The monoisotopic (exact) mass is 312 g/mol. The molecule has 0 aliphatic heterocycles. The average Bonchev–Trinajstić information content (AvgIpc) is 2.34. The molecule has 6 nitrogen and oxygen atoms in total. The number of halogens is 3. The third kappa shape index (κ3) is 6.15. The summed E-state index contributed by atoms with van der Waals surface area (Å²) in [7, 11) is -0.560. The number of anilines is 1. The summed E-state index contributed by atoms with van der Waals surface area (Å²) in [6.07, 6.45) is -4.43. The highest BCUT2D eigenvalue weighted by Gasteiger charge is 2.29. The van der Waals surface area contributed by atoms with E-state index in [4.69, 9.17) is 0 Å². The van der Waals surface area contributed by atoms with E-state index >= 15 is 0 Å². The lowest BCUT2D eigenvalue weighted by atomic mass is 10.4. The van der Waals surface area contributed by atoms with E-state index in [1.54, 1.807) is 19.0 Å². The predicted molar refractivity (Wildman–Crippen MR) is 67.7 cm³/mol. The van der Waals surface area contributed by atoms with Gasteiger partial charge in [0.25, 0.3) is 0 Å². The van der Waals surface area contributed by atoms with Crippen molar-refractivity contribution in [3.8, 4) is 0 Å². The van der Waals surface area contributed by atoms with Crippen LogP contribution in [0.3, 0.4) is 0 Å². The van der Waals surface area contributed by atoms with Gasteiger partial charge in [-0.1, -0.05) is 0 Å². The van der Waals surface area contributed by atoms with Crippen LogP contribution in [-0.4, -0.2) is 44.4 Å². The maximum Gasteiger partial charge on any atom is 0.390 e. The van der Waals surface area contributed by atoms with Crippen LogP contribution in [0.4, 0.5) is 19.1 Å². The van der Waals surface area contributed by atoms with E-state index in [0.717, 1.165) is 0 Å². The highest BCUT2D eigenvalue weighted by molar-refractivity contribution is 7.89. The minimum absolute atomic E-state index is 0.177. The molecule has 20 heavy (non-hydrogen) atoms. The van der Waals surface area contributed by atoms with Gasteiger partial charge < -0.3 is 4.90 Å². The zero-order valence-electron chi connectivity index (χ0n) is 11.0. The van der Waals surface area contributed by atoms with Crippen molar-refractivity contribution < 1.29 is 21.6 Å². The van der Waals surface area contributed by atoms with Gasteiger partial charge in [0.15, 0.2) is 0 Å². The van der Waals surface area contributed by atoms with Crippen molar-refractivity contribution in [3.63, 3.8) is 0 Å². The van der Waals surface area contributed by atoms with Crippen molar-refractivity contribution in [2.45, 2.75) is 19.1 Å². The molecule has 1 aromatic heterocycles. The normalized spacial score (nSPS) is 12.4. The van der Waals surface area contributed by atoms with Crippen LogP contribution in [0.15, 0.2) is 12.3 Å². The van der Waals surface area contributed by atoms with Crippen molar-refractivity contribution >= 4 is 16.0 Å². The summed E-state index contributed by atoms with van der Waals surface area (Å²) in [5, 5.41) is 0. The van der Waals surface area contributed by atoms with Crippen LogP contribution in [0, 0.1) is 0 Å². The van der Waals surface area contributed by atoms with Crippen LogP contribution in [0.1, 0.15) is 12.1 Å². The molecule has 0 fully saturated rings. The number of hydrogen-bond donors (Lipinski definition) is 1. The largest absolute Gasteiger partial charge is 0.390 e. The molecule has 1 N–H and O–H groups in total. The van der Waals surface area contributed by atoms with E-state index in [-0.39, 0.29) is 6.54 Å². The van der Waals surface area contributed by atoms with Crippen LogP contribution < -0.4 is 9.62 Å². The lowest BCUT2D eigenvalue weighted by Gasteiger charge is -2.11. The molecule has 0 unspecified atom stereocenters. The Morgan fingerprint density at radius 2 is 2.00 bits per heavy atom. The SMILES string of the molecule is CN(C)c1nccc(CNS(=O)(=O)CCC(F)(F)F)n1. The van der Waals surface area contributed by atoms with Gasteiger partial charge in [-0.05, 0) is 6.07 Å². The first-order valence-electron chi connectivity index (χ1n) is 5.62. The van der Waals surface area contributed by atoms with Crippen molar-refractivity contribution in [1.82, 2.24) is 14.7 Å². The molecule has 114 valence electrons. The topological polar surface area (TPSA) is 75.2 Å². The van der Waals surface area contributed by atoms with Gasteiger partial charge in [0.1, 0.15) is 0 Å². The fourth-order valence-corrected chi connectivity index (χ4v) is 2.22. The number of alkyl halides is 3. The van der Waals surface area contributed by atoms with Gasteiger partial charge in [0.2, 0.25) is 16.0 Å². The smallest absolute Gasteiger partial charge is 0.347 e. The van der Waals surface area contributed by atoms with Gasteiger partial charge in [-0.3, -0.25) is 0 Å². The molecular weight excluding hydrogens is 297 g/mol. The van der Waals surface area contributed by atoms with Crippen LogP contribution in [0.5, 0.6) is 0 Å². The number of hydrogen-bond acceptors (Lipinski definition) is 5. The molecule has 0 aromatic carbocycles. The fourth-order valence-electron chi connectivity index (χ4n) is 1.20. The van der Waals surface area contributed by atoms with Gasteiger partial charge in [0, 0.05) is 20.3 Å². The first-order chi connectivity index (χ1) is 9.09. The molecule has 0 aliphatic rings. The van der Waals surface area contributed by atoms with Crippen LogP contribution in [0.25, 0.3) is 0 Å². The van der Waals surface area contributed by atoms with Crippen LogP contribution in [-0.2, 0) is 16.6 Å². The molecule has 1 rings (SSSR count). The molecule has 1 heterocycles. The number of nitrogens with one attached hydrogen (secondary N) is 1. The summed E-state index contributed by atoms with van der Waals surface area (Å²) in [6.45, 7) is -0.177. The Balaban J connectivity index is 2.60. The Morgan fingerprint density at radius 3 is 2.55 bits per heavy atom. The molecule has 0 spiro atoms. The maximum absolute atomic E-state index is 12.0. The Hall–Kier alpha value is -1.42. The van der Waals surface area contributed by atoms with E-state index in [1.807, 2.05) is 0 Å². The van der Waals surface area contributed by atoms with E-state index in [9.17, 15) is 21.6 Å². The highest BCUT2D eigenvalue weighted by atomic mass is 32.2. The Labute approximate surface area is 115 Å². The van der Waals surface area contributed by atoms with Gasteiger partial charge in [0.05, 0.1) is 24.4 Å². The van der Waals surface area contributed by atoms with Crippen molar-refractivity contribution in [3.05, 3.63) is 18.0 Å². The summed E-state index contributed by atoms with van der Waals surface area (Å²) >= 11 is 0. The van der Waals surface area contributed by atoms with E-state index in [2.05, 4.69) is 14.7 Å². The third-order valence-electron chi connectivity index (χ3n) is 2.23. The molecule has 1 aromatic rings. The third-order valence-corrected chi connectivity index (χ3v) is 3.55. The fraction of sp³-hybridized carbons (Fsp3) is 0.600. The Morgan fingerprint density at radius 1 is 1.35 bits per heavy atom. The first kappa shape index (κ1) is 16.6. The predicted octanol–water partition coefficient (Wildman–Crippen LogP) is 0.914. The van der Waals surface area contributed by atoms with Crippen molar-refractivity contribution in [2.24, 2.45) is 0 Å². The number of nitrogens with zero attached hydrogens (tertiary/aromatic N) is 3. The van der Waals surface area contributed by atoms with Gasteiger partial charge >= 0.3 is 6.18 Å². The zero-order valence-corrected chi connectivity index (χ0v) is 11.8. The van der Waals surface area contributed by atoms with Gasteiger partial charge in [-0.2, -0.15) is 13.2 Å². The van der Waals surface area contributed by atoms with E-state index in [0.29, 0.717) is 11.6 Å². The molecular formula is C10H15F3N4O2S. The average molecular weight is 312 g/mol. The lowest BCUT2D eigenvalue weighted by Crippen LogP contribution is -2.29. The van der Waals surface area contributed by atoms with E-state index < -0.39 is 28.4 Å². The first-order valence-corrected chi connectivity index (χ1v) is 7.28. The van der Waals surface area contributed by atoms with Crippen molar-refractivity contribution in [1.29, 1.82) is 0 Å². The second-order valence-corrected chi connectivity index (χ2v) is 6.17. The second-order valence-electron chi connectivity index (χ2n) is 4.25. The molecule has 0 saturated heterocycles. The zero-order chi connectivity index (χ0) is 15.4. The van der Waals surface area contributed by atoms with E-state index in [1.165, 1.54) is 12.3 Å². The minimum Gasteiger partial charge on any atom is -0.347 e. The number of rotatable bonds is 6. The summed E-state index contributed by atoms with van der Waals surface area (Å²) in [5.74, 6) is -0.612. The quantitative estimate of drug-likeness (QED) is 0.845. The summed E-state index contributed by atoms with van der Waals surface area (Å²) in [6, 6.07) is 1.49. The standard InChI is InChI=1S/C10H15F3N4O2S/c1-17(2)9-14-5-3-8(16-9)7-15-20(18,19)6-4-10(11,12)13/h3,5,15H,4,6-7H2,1-2H3. The lowest BCUT2D eigenvalue weighted by molar-refractivity contribution is -0.129. The molecule has 0 bridgehead atoms. The Bertz CT molecular complexity index is 546. The summed E-state index contributed by atoms with van der Waals surface area (Å²) in [5.41, 5.74) is 0.374. The molecule has 0 aliphatic carbocycles. The molecule has 10 heteroatoms. The van der Waals surface area contributed by atoms with Gasteiger partial charge in [-0.25, -0.2) is 23.1 Å². The Kier molecular flexibility index (Phi) is 5.28. The number of sulfonamides is 1. The molecule has 0 radical (unpaired) electrons. The second kappa shape index (κ2) is 6.35. The number of aromatic nitrogens is 2. The molecule has 0 amide bonds. The molecule has 0 saturated carbocycles.